The highest BCUT2D eigenvalue weighted by Crippen LogP contribution is 2.37. The van der Waals surface area contributed by atoms with Crippen LogP contribution in [0.25, 0.3) is 0 Å². The average Bonchev–Trinajstić information content (AvgIpc) is 3.13. The molecule has 1 fully saturated rings. The van der Waals surface area contributed by atoms with Gasteiger partial charge in [0, 0.05) is 24.1 Å². The van der Waals surface area contributed by atoms with Crippen LogP contribution in [0.15, 0.2) is 24.3 Å². The minimum atomic E-state index is 0.479. The van der Waals surface area contributed by atoms with Crippen molar-refractivity contribution < 1.29 is 9.47 Å². The standard InChI is InChI=1S/C17H25NO2/c1-2-18-16(10-9-13-6-5-11-19-13)15-12-20-17-8-4-3-7-14(15)17/h3-4,7-8,13,15-16,18H,2,5-6,9-12H2,1H3. The number of nitrogens with one attached hydrogen (secondary N) is 1. The maximum Gasteiger partial charge on any atom is 0.122 e. The van der Waals surface area contributed by atoms with Crippen molar-refractivity contribution in [1.29, 1.82) is 0 Å². The van der Waals surface area contributed by atoms with E-state index in [0.29, 0.717) is 18.1 Å². The molecule has 0 spiro atoms. The van der Waals surface area contributed by atoms with Crippen LogP contribution >= 0.6 is 0 Å². The topological polar surface area (TPSA) is 30.5 Å². The Morgan fingerprint density at radius 1 is 1.35 bits per heavy atom. The number of rotatable bonds is 6. The van der Waals surface area contributed by atoms with E-state index in [-0.39, 0.29) is 0 Å². The fourth-order valence-corrected chi connectivity index (χ4v) is 3.47. The summed E-state index contributed by atoms with van der Waals surface area (Å²) in [5.41, 5.74) is 1.37. The van der Waals surface area contributed by atoms with E-state index in [1.165, 1.54) is 24.8 Å². The van der Waals surface area contributed by atoms with Crippen LogP contribution in [0.3, 0.4) is 0 Å². The van der Waals surface area contributed by atoms with Crippen molar-refractivity contribution in [2.24, 2.45) is 0 Å². The molecule has 1 aromatic rings. The molecule has 110 valence electrons. The van der Waals surface area contributed by atoms with Gasteiger partial charge < -0.3 is 14.8 Å². The van der Waals surface area contributed by atoms with Crippen molar-refractivity contribution in [1.82, 2.24) is 5.32 Å². The second-order valence-electron chi connectivity index (χ2n) is 5.83. The number of benzene rings is 1. The van der Waals surface area contributed by atoms with Crippen LogP contribution in [0.5, 0.6) is 5.75 Å². The quantitative estimate of drug-likeness (QED) is 0.865. The van der Waals surface area contributed by atoms with E-state index in [9.17, 15) is 0 Å². The van der Waals surface area contributed by atoms with E-state index in [1.54, 1.807) is 0 Å². The third-order valence-corrected chi connectivity index (χ3v) is 4.51. The molecule has 3 heteroatoms. The van der Waals surface area contributed by atoms with Crippen LogP contribution in [-0.2, 0) is 4.74 Å². The van der Waals surface area contributed by atoms with Crippen LogP contribution in [0, 0.1) is 0 Å². The fourth-order valence-electron chi connectivity index (χ4n) is 3.47. The molecule has 0 amide bonds. The van der Waals surface area contributed by atoms with Gasteiger partial charge in [-0.2, -0.15) is 0 Å². The average molecular weight is 275 g/mol. The molecule has 20 heavy (non-hydrogen) atoms. The first-order valence-electron chi connectivity index (χ1n) is 7.95. The van der Waals surface area contributed by atoms with E-state index >= 15 is 0 Å². The predicted molar refractivity (Wildman–Crippen MR) is 80.4 cm³/mol. The third kappa shape index (κ3) is 2.99. The van der Waals surface area contributed by atoms with E-state index in [4.69, 9.17) is 9.47 Å². The summed E-state index contributed by atoms with van der Waals surface area (Å²) in [6, 6.07) is 8.95. The van der Waals surface area contributed by atoms with Crippen LogP contribution in [-0.4, -0.2) is 31.9 Å². The molecular weight excluding hydrogens is 250 g/mol. The van der Waals surface area contributed by atoms with Gasteiger partial charge in [-0.05, 0) is 38.3 Å². The van der Waals surface area contributed by atoms with Gasteiger partial charge in [-0.15, -0.1) is 0 Å². The molecule has 0 radical (unpaired) electrons. The lowest BCUT2D eigenvalue weighted by Gasteiger charge is -2.25. The SMILES string of the molecule is CCNC(CCC1CCCO1)C1COc2ccccc21. The monoisotopic (exact) mass is 275 g/mol. The highest BCUT2D eigenvalue weighted by molar-refractivity contribution is 5.40. The van der Waals surface area contributed by atoms with Crippen molar-refractivity contribution in [3.63, 3.8) is 0 Å². The lowest BCUT2D eigenvalue weighted by Crippen LogP contribution is -2.36. The van der Waals surface area contributed by atoms with Crippen LogP contribution in [0.4, 0.5) is 0 Å². The fraction of sp³-hybridized carbons (Fsp3) is 0.647. The molecule has 0 saturated carbocycles. The van der Waals surface area contributed by atoms with Crippen LogP contribution in [0.2, 0.25) is 0 Å². The predicted octanol–water partition coefficient (Wildman–Crippen LogP) is 3.10. The number of ether oxygens (including phenoxy) is 2. The number of hydrogen-bond donors (Lipinski definition) is 1. The first kappa shape index (κ1) is 13.9. The Morgan fingerprint density at radius 3 is 3.05 bits per heavy atom. The lowest BCUT2D eigenvalue weighted by atomic mass is 9.89. The molecule has 0 bridgehead atoms. The number of para-hydroxylation sites is 1. The number of likely N-dealkylation sites (N-methyl/N-ethyl adjacent to an activating group) is 1. The van der Waals surface area contributed by atoms with E-state index < -0.39 is 0 Å². The molecule has 1 saturated heterocycles. The molecule has 0 aliphatic carbocycles. The molecule has 3 rings (SSSR count). The van der Waals surface area contributed by atoms with Crippen molar-refractivity contribution in [2.75, 3.05) is 19.8 Å². The smallest absolute Gasteiger partial charge is 0.122 e. The number of hydrogen-bond acceptors (Lipinski definition) is 3. The summed E-state index contributed by atoms with van der Waals surface area (Å²) in [5, 5.41) is 3.65. The van der Waals surface area contributed by atoms with E-state index in [0.717, 1.165) is 31.9 Å². The van der Waals surface area contributed by atoms with Gasteiger partial charge in [0.2, 0.25) is 0 Å². The molecule has 2 aliphatic heterocycles. The Balaban J connectivity index is 1.64. The molecule has 3 atom stereocenters. The van der Waals surface area contributed by atoms with Crippen molar-refractivity contribution >= 4 is 0 Å². The van der Waals surface area contributed by atoms with Gasteiger partial charge in [0.1, 0.15) is 5.75 Å². The molecule has 1 N–H and O–H groups in total. The highest BCUT2D eigenvalue weighted by atomic mass is 16.5. The molecule has 1 aromatic carbocycles. The summed E-state index contributed by atoms with van der Waals surface area (Å²) < 4.78 is 11.6. The largest absolute Gasteiger partial charge is 0.493 e. The van der Waals surface area contributed by atoms with Gasteiger partial charge in [0.15, 0.2) is 0 Å². The number of fused-ring (bicyclic) bond motifs is 1. The molecule has 3 nitrogen and oxygen atoms in total. The van der Waals surface area contributed by atoms with E-state index in [1.807, 2.05) is 0 Å². The minimum absolute atomic E-state index is 0.479. The Bertz CT molecular complexity index is 429. The van der Waals surface area contributed by atoms with Gasteiger partial charge in [-0.3, -0.25) is 0 Å². The van der Waals surface area contributed by atoms with Gasteiger partial charge >= 0.3 is 0 Å². The second kappa shape index (κ2) is 6.59. The lowest BCUT2D eigenvalue weighted by molar-refractivity contribution is 0.0981. The maximum atomic E-state index is 5.84. The molecule has 2 aliphatic rings. The first-order chi connectivity index (χ1) is 9.88. The highest BCUT2D eigenvalue weighted by Gasteiger charge is 2.31. The first-order valence-corrected chi connectivity index (χ1v) is 7.95. The molecule has 2 heterocycles. The molecule has 3 unspecified atom stereocenters. The summed E-state index contributed by atoms with van der Waals surface area (Å²) in [5.74, 6) is 1.55. The zero-order chi connectivity index (χ0) is 13.8. The Labute approximate surface area is 121 Å². The Morgan fingerprint density at radius 2 is 2.25 bits per heavy atom. The van der Waals surface area contributed by atoms with Crippen LogP contribution < -0.4 is 10.1 Å². The van der Waals surface area contributed by atoms with E-state index in [2.05, 4.69) is 36.5 Å². The minimum Gasteiger partial charge on any atom is -0.493 e. The Hall–Kier alpha value is -1.06. The Kier molecular flexibility index (Phi) is 4.58. The van der Waals surface area contributed by atoms with Crippen molar-refractivity contribution in [3.05, 3.63) is 29.8 Å². The summed E-state index contributed by atoms with van der Waals surface area (Å²) in [4.78, 5) is 0. The summed E-state index contributed by atoms with van der Waals surface area (Å²) in [6.45, 7) is 4.95. The summed E-state index contributed by atoms with van der Waals surface area (Å²) in [6.07, 6.45) is 5.27. The molecular formula is C17H25NO2. The maximum absolute atomic E-state index is 5.84. The van der Waals surface area contributed by atoms with Gasteiger partial charge in [-0.1, -0.05) is 25.1 Å². The second-order valence-corrected chi connectivity index (χ2v) is 5.83. The summed E-state index contributed by atoms with van der Waals surface area (Å²) in [7, 11) is 0. The van der Waals surface area contributed by atoms with Gasteiger partial charge in [0.25, 0.3) is 0 Å². The van der Waals surface area contributed by atoms with Gasteiger partial charge in [-0.25, -0.2) is 0 Å². The van der Waals surface area contributed by atoms with Crippen molar-refractivity contribution in [2.45, 2.75) is 50.7 Å². The van der Waals surface area contributed by atoms with Crippen molar-refractivity contribution in [3.8, 4) is 5.75 Å². The normalized spacial score (nSPS) is 26.2. The third-order valence-electron chi connectivity index (χ3n) is 4.51. The van der Waals surface area contributed by atoms with Gasteiger partial charge in [0.05, 0.1) is 12.7 Å². The van der Waals surface area contributed by atoms with Crippen LogP contribution in [0.1, 0.15) is 44.1 Å². The zero-order valence-corrected chi connectivity index (χ0v) is 12.3. The summed E-state index contributed by atoms with van der Waals surface area (Å²) >= 11 is 0. The molecule has 0 aromatic heterocycles. The zero-order valence-electron chi connectivity index (χ0n) is 12.3.